The second-order valence-electron chi connectivity index (χ2n) is 4.91. The van der Waals surface area contributed by atoms with Gasteiger partial charge in [-0.1, -0.05) is 6.42 Å². The van der Waals surface area contributed by atoms with Gasteiger partial charge in [-0.2, -0.15) is 5.26 Å². The lowest BCUT2D eigenvalue weighted by Gasteiger charge is -2.33. The molecule has 1 aromatic rings. The highest BCUT2D eigenvalue weighted by molar-refractivity contribution is 5.59. The molecule has 0 N–H and O–H groups in total. The van der Waals surface area contributed by atoms with Crippen LogP contribution in [0.15, 0.2) is 18.2 Å². The normalized spacial score (nSPS) is 14.5. The first kappa shape index (κ1) is 13.3. The fraction of sp³-hybridized carbons (Fsp3) is 0.500. The Kier molecular flexibility index (Phi) is 4.00. The summed E-state index contributed by atoms with van der Waals surface area (Å²) in [7, 11) is 0. The van der Waals surface area contributed by atoms with Gasteiger partial charge in [0.15, 0.2) is 0 Å². The van der Waals surface area contributed by atoms with Gasteiger partial charge in [0.05, 0.1) is 4.92 Å². The minimum absolute atomic E-state index is 0.119. The number of hydrogen-bond acceptors (Lipinski definition) is 4. The number of rotatable bonds is 5. The summed E-state index contributed by atoms with van der Waals surface area (Å²) in [4.78, 5) is 12.5. The summed E-state index contributed by atoms with van der Waals surface area (Å²) in [5.74, 6) is 0.723. The van der Waals surface area contributed by atoms with E-state index in [1.165, 1.54) is 25.3 Å². The van der Waals surface area contributed by atoms with Gasteiger partial charge in [0.2, 0.25) is 0 Å². The molecule has 1 aromatic carbocycles. The van der Waals surface area contributed by atoms with E-state index in [4.69, 9.17) is 5.26 Å². The van der Waals surface area contributed by atoms with Gasteiger partial charge in [-0.3, -0.25) is 10.1 Å². The minimum Gasteiger partial charge on any atom is -0.371 e. The van der Waals surface area contributed by atoms with Crippen LogP contribution in [0.2, 0.25) is 0 Å². The maximum atomic E-state index is 10.8. The molecule has 0 spiro atoms. The van der Waals surface area contributed by atoms with Gasteiger partial charge in [-0.15, -0.1) is 0 Å². The number of nitriles is 1. The topological polar surface area (TPSA) is 70.2 Å². The zero-order chi connectivity index (χ0) is 13.8. The van der Waals surface area contributed by atoms with E-state index >= 15 is 0 Å². The predicted octanol–water partition coefficient (Wildman–Crippen LogP) is 3.09. The molecule has 0 atom stereocenters. The third kappa shape index (κ3) is 2.84. The molecule has 100 valence electrons. The van der Waals surface area contributed by atoms with Crippen LogP contribution in [0.5, 0.6) is 0 Å². The van der Waals surface area contributed by atoms with Crippen LogP contribution in [0.3, 0.4) is 0 Å². The Morgan fingerprint density at radius 2 is 2.26 bits per heavy atom. The molecular weight excluding hydrogens is 242 g/mol. The van der Waals surface area contributed by atoms with Crippen molar-refractivity contribution in [2.24, 2.45) is 5.92 Å². The summed E-state index contributed by atoms with van der Waals surface area (Å²) >= 11 is 0. The molecule has 0 unspecified atom stereocenters. The first-order valence-corrected chi connectivity index (χ1v) is 6.59. The Morgan fingerprint density at radius 3 is 2.74 bits per heavy atom. The number of anilines is 1. The van der Waals surface area contributed by atoms with Crippen LogP contribution in [0.25, 0.3) is 0 Å². The minimum atomic E-state index is -0.509. The third-order valence-electron chi connectivity index (χ3n) is 3.75. The fourth-order valence-corrected chi connectivity index (χ4v) is 2.37. The summed E-state index contributed by atoms with van der Waals surface area (Å²) in [5.41, 5.74) is 0.914. The van der Waals surface area contributed by atoms with Gasteiger partial charge in [-0.25, -0.2) is 0 Å². The van der Waals surface area contributed by atoms with Crippen molar-refractivity contribution in [3.63, 3.8) is 0 Å². The lowest BCUT2D eigenvalue weighted by atomic mass is 9.85. The fourth-order valence-electron chi connectivity index (χ4n) is 2.37. The summed E-state index contributed by atoms with van der Waals surface area (Å²) in [6, 6.07) is 6.70. The molecule has 0 amide bonds. The molecule has 19 heavy (non-hydrogen) atoms. The quantitative estimate of drug-likeness (QED) is 0.601. The molecule has 0 heterocycles. The maximum absolute atomic E-state index is 10.8. The maximum Gasteiger partial charge on any atom is 0.287 e. The standard InChI is InChI=1S/C14H17N3O2/c1-2-16(10-11-4-3-5-11)13-6-7-14(17(18)19)12(8-13)9-15/h6-8,11H,2-5,10H2,1H3. The molecule has 1 saturated carbocycles. The molecule has 1 aliphatic carbocycles. The SMILES string of the molecule is CCN(CC1CCC1)c1ccc([N+](=O)[O-])c(C#N)c1. The lowest BCUT2D eigenvalue weighted by molar-refractivity contribution is -0.385. The molecule has 5 nitrogen and oxygen atoms in total. The van der Waals surface area contributed by atoms with Gasteiger partial charge in [-0.05, 0) is 37.8 Å². The predicted molar refractivity (Wildman–Crippen MR) is 73.0 cm³/mol. The van der Waals surface area contributed by atoms with E-state index in [0.717, 1.165) is 24.7 Å². The number of benzene rings is 1. The van der Waals surface area contributed by atoms with Crippen molar-refractivity contribution in [1.29, 1.82) is 5.26 Å². The highest BCUT2D eigenvalue weighted by Gasteiger charge is 2.21. The zero-order valence-electron chi connectivity index (χ0n) is 11.0. The number of hydrogen-bond donors (Lipinski definition) is 0. The molecule has 0 saturated heterocycles. The van der Waals surface area contributed by atoms with E-state index in [1.54, 1.807) is 12.1 Å². The van der Waals surface area contributed by atoms with Crippen LogP contribution in [-0.2, 0) is 0 Å². The van der Waals surface area contributed by atoms with Gasteiger partial charge in [0.25, 0.3) is 5.69 Å². The van der Waals surface area contributed by atoms with E-state index in [2.05, 4.69) is 11.8 Å². The van der Waals surface area contributed by atoms with Gasteiger partial charge < -0.3 is 4.90 Å². The molecular formula is C14H17N3O2. The van der Waals surface area contributed by atoms with Crippen LogP contribution in [0.1, 0.15) is 31.7 Å². The second kappa shape index (κ2) is 5.70. The first-order chi connectivity index (χ1) is 9.15. The van der Waals surface area contributed by atoms with Crippen molar-refractivity contribution in [2.75, 3.05) is 18.0 Å². The van der Waals surface area contributed by atoms with Crippen molar-refractivity contribution in [3.05, 3.63) is 33.9 Å². The van der Waals surface area contributed by atoms with E-state index in [-0.39, 0.29) is 11.3 Å². The van der Waals surface area contributed by atoms with Crippen molar-refractivity contribution >= 4 is 11.4 Å². The van der Waals surface area contributed by atoms with Crippen LogP contribution < -0.4 is 4.90 Å². The summed E-state index contributed by atoms with van der Waals surface area (Å²) in [6.45, 7) is 3.88. The summed E-state index contributed by atoms with van der Waals surface area (Å²) in [5, 5.41) is 19.8. The van der Waals surface area contributed by atoms with Crippen molar-refractivity contribution in [3.8, 4) is 6.07 Å². The first-order valence-electron chi connectivity index (χ1n) is 6.59. The van der Waals surface area contributed by atoms with E-state index in [1.807, 2.05) is 6.07 Å². The zero-order valence-corrected chi connectivity index (χ0v) is 11.0. The highest BCUT2D eigenvalue weighted by atomic mass is 16.6. The third-order valence-corrected chi connectivity index (χ3v) is 3.75. The van der Waals surface area contributed by atoms with Crippen molar-refractivity contribution in [2.45, 2.75) is 26.2 Å². The highest BCUT2D eigenvalue weighted by Crippen LogP contribution is 2.30. The van der Waals surface area contributed by atoms with Crippen molar-refractivity contribution in [1.82, 2.24) is 0 Å². The van der Waals surface area contributed by atoms with Crippen LogP contribution in [0.4, 0.5) is 11.4 Å². The Morgan fingerprint density at radius 1 is 1.53 bits per heavy atom. The van der Waals surface area contributed by atoms with E-state index in [9.17, 15) is 10.1 Å². The Labute approximate surface area is 112 Å². The summed E-state index contributed by atoms with van der Waals surface area (Å²) in [6.07, 6.45) is 3.81. The second-order valence-corrected chi connectivity index (χ2v) is 4.91. The molecule has 0 radical (unpaired) electrons. The Hall–Kier alpha value is -2.09. The van der Waals surface area contributed by atoms with Crippen LogP contribution in [0, 0.1) is 27.4 Å². The Bertz CT molecular complexity index is 518. The summed E-state index contributed by atoms with van der Waals surface area (Å²) < 4.78 is 0. The van der Waals surface area contributed by atoms with Crippen molar-refractivity contribution < 1.29 is 4.92 Å². The largest absolute Gasteiger partial charge is 0.371 e. The Balaban J connectivity index is 2.23. The number of nitro benzene ring substituents is 1. The van der Waals surface area contributed by atoms with Gasteiger partial charge in [0, 0.05) is 24.8 Å². The molecule has 2 rings (SSSR count). The van der Waals surface area contributed by atoms with Crippen LogP contribution >= 0.6 is 0 Å². The monoisotopic (exact) mass is 259 g/mol. The van der Waals surface area contributed by atoms with Gasteiger partial charge in [0.1, 0.15) is 11.6 Å². The molecule has 1 aliphatic rings. The number of nitro groups is 1. The average molecular weight is 259 g/mol. The number of nitrogens with zero attached hydrogens (tertiary/aromatic N) is 3. The average Bonchev–Trinajstić information content (AvgIpc) is 2.37. The van der Waals surface area contributed by atoms with Crippen LogP contribution in [-0.4, -0.2) is 18.0 Å². The molecule has 1 fully saturated rings. The smallest absolute Gasteiger partial charge is 0.287 e. The van der Waals surface area contributed by atoms with E-state index in [0.29, 0.717) is 0 Å². The molecule has 5 heteroatoms. The van der Waals surface area contributed by atoms with Gasteiger partial charge >= 0.3 is 0 Å². The lowest BCUT2D eigenvalue weighted by Crippen LogP contribution is -2.32. The molecule has 0 aromatic heterocycles. The molecule has 0 aliphatic heterocycles. The van der Waals surface area contributed by atoms with E-state index < -0.39 is 4.92 Å². The molecule has 0 bridgehead atoms.